The first-order valence-corrected chi connectivity index (χ1v) is 8.60. The van der Waals surface area contributed by atoms with Gasteiger partial charge in [0.15, 0.2) is 0 Å². The van der Waals surface area contributed by atoms with Gasteiger partial charge >= 0.3 is 0 Å². The van der Waals surface area contributed by atoms with E-state index in [-0.39, 0.29) is 5.91 Å². The van der Waals surface area contributed by atoms with Crippen LogP contribution >= 0.6 is 11.8 Å². The Kier molecular flexibility index (Phi) is 4.44. The van der Waals surface area contributed by atoms with Crippen LogP contribution in [0.1, 0.15) is 16.8 Å². The maximum absolute atomic E-state index is 12.3. The molecule has 0 radical (unpaired) electrons. The molecule has 0 saturated heterocycles. The molecule has 1 aromatic heterocycles. The zero-order valence-electron chi connectivity index (χ0n) is 13.6. The highest BCUT2D eigenvalue weighted by Gasteiger charge is 2.11. The molecule has 4 heteroatoms. The highest BCUT2D eigenvalue weighted by Crippen LogP contribution is 2.31. The number of anilines is 1. The van der Waals surface area contributed by atoms with Crippen molar-refractivity contribution in [1.29, 1.82) is 0 Å². The number of benzene rings is 2. The second kappa shape index (κ2) is 6.50. The number of hydrogen-bond acceptors (Lipinski definition) is 2. The normalized spacial score (nSPS) is 10.9. The summed E-state index contributed by atoms with van der Waals surface area (Å²) in [6.45, 7) is 6.11. The number of aromatic amines is 1. The van der Waals surface area contributed by atoms with Crippen LogP contribution in [0.3, 0.4) is 0 Å². The summed E-state index contributed by atoms with van der Waals surface area (Å²) in [5.41, 5.74) is 5.39. The topological polar surface area (TPSA) is 44.9 Å². The lowest BCUT2D eigenvalue weighted by molar-refractivity contribution is -0.113. The van der Waals surface area contributed by atoms with Crippen molar-refractivity contribution < 1.29 is 4.79 Å². The number of hydrogen-bond donors (Lipinski definition) is 2. The molecule has 0 aliphatic rings. The number of carbonyl (C=O) groups is 1. The average molecular weight is 324 g/mol. The average Bonchev–Trinajstić information content (AvgIpc) is 2.83. The Morgan fingerprint density at radius 3 is 2.70 bits per heavy atom. The van der Waals surface area contributed by atoms with Gasteiger partial charge in [-0.2, -0.15) is 0 Å². The minimum absolute atomic E-state index is 0.0200. The highest BCUT2D eigenvalue weighted by atomic mass is 32.2. The molecule has 3 aromatic rings. The Hall–Kier alpha value is -2.20. The lowest BCUT2D eigenvalue weighted by Crippen LogP contribution is -2.14. The van der Waals surface area contributed by atoms with Crippen LogP contribution < -0.4 is 5.32 Å². The maximum Gasteiger partial charge on any atom is 0.234 e. The summed E-state index contributed by atoms with van der Waals surface area (Å²) >= 11 is 1.58. The van der Waals surface area contributed by atoms with E-state index in [4.69, 9.17) is 0 Å². The van der Waals surface area contributed by atoms with E-state index in [9.17, 15) is 4.79 Å². The molecule has 23 heavy (non-hydrogen) atoms. The molecule has 0 saturated carbocycles. The molecular formula is C19H20N2OS. The molecule has 0 aliphatic heterocycles. The third-order valence-corrected chi connectivity index (χ3v) is 5.06. The van der Waals surface area contributed by atoms with Crippen molar-refractivity contribution in [3.8, 4) is 0 Å². The molecule has 3 rings (SSSR count). The minimum Gasteiger partial charge on any atom is -0.358 e. The first kappa shape index (κ1) is 15.7. The van der Waals surface area contributed by atoms with E-state index in [1.54, 1.807) is 11.8 Å². The van der Waals surface area contributed by atoms with Gasteiger partial charge in [0.25, 0.3) is 0 Å². The van der Waals surface area contributed by atoms with Gasteiger partial charge < -0.3 is 10.3 Å². The molecule has 2 N–H and O–H groups in total. The number of nitrogens with one attached hydrogen (secondary N) is 2. The standard InChI is InChI=1S/C19H20N2OS/c1-12-8-9-16(13(2)10-12)21-18(22)11-23-19-14(3)20-17-7-5-4-6-15(17)19/h4-10,20H,11H2,1-3H3,(H,21,22). The van der Waals surface area contributed by atoms with Crippen molar-refractivity contribution in [2.24, 2.45) is 0 Å². The van der Waals surface area contributed by atoms with Crippen LogP contribution in [0.2, 0.25) is 0 Å². The number of thioether (sulfide) groups is 1. The highest BCUT2D eigenvalue weighted by molar-refractivity contribution is 8.00. The molecule has 0 unspecified atom stereocenters. The Labute approximate surface area is 140 Å². The number of amides is 1. The second-order valence-electron chi connectivity index (χ2n) is 5.78. The van der Waals surface area contributed by atoms with Crippen LogP contribution in [0.5, 0.6) is 0 Å². The van der Waals surface area contributed by atoms with Gasteiger partial charge in [-0.15, -0.1) is 11.8 Å². The van der Waals surface area contributed by atoms with Gasteiger partial charge in [0.1, 0.15) is 0 Å². The third-order valence-electron chi connectivity index (χ3n) is 3.84. The van der Waals surface area contributed by atoms with Crippen molar-refractivity contribution in [2.45, 2.75) is 25.7 Å². The second-order valence-corrected chi connectivity index (χ2v) is 6.77. The van der Waals surface area contributed by atoms with Crippen molar-refractivity contribution in [3.05, 3.63) is 59.3 Å². The van der Waals surface area contributed by atoms with E-state index in [0.717, 1.165) is 27.4 Å². The Bertz CT molecular complexity index is 867. The van der Waals surface area contributed by atoms with E-state index < -0.39 is 0 Å². The van der Waals surface area contributed by atoms with Crippen molar-refractivity contribution in [1.82, 2.24) is 4.98 Å². The van der Waals surface area contributed by atoms with Crippen LogP contribution in [-0.4, -0.2) is 16.6 Å². The summed E-state index contributed by atoms with van der Waals surface area (Å²) in [4.78, 5) is 16.8. The first-order chi connectivity index (χ1) is 11.0. The Morgan fingerprint density at radius 1 is 1.13 bits per heavy atom. The van der Waals surface area contributed by atoms with Crippen molar-refractivity contribution >= 4 is 34.3 Å². The monoisotopic (exact) mass is 324 g/mol. The van der Waals surface area contributed by atoms with Gasteiger partial charge in [0.05, 0.1) is 5.75 Å². The number of aryl methyl sites for hydroxylation is 3. The Morgan fingerprint density at radius 2 is 1.91 bits per heavy atom. The summed E-state index contributed by atoms with van der Waals surface area (Å²) in [5.74, 6) is 0.419. The molecule has 0 spiro atoms. The zero-order valence-corrected chi connectivity index (χ0v) is 14.4. The summed E-state index contributed by atoms with van der Waals surface area (Å²) in [6, 6.07) is 14.2. The molecule has 0 atom stereocenters. The summed E-state index contributed by atoms with van der Waals surface area (Å²) < 4.78 is 0. The summed E-state index contributed by atoms with van der Waals surface area (Å²) in [7, 11) is 0. The predicted octanol–water partition coefficient (Wildman–Crippen LogP) is 4.82. The summed E-state index contributed by atoms with van der Waals surface area (Å²) in [6.07, 6.45) is 0. The number of para-hydroxylation sites is 1. The van der Waals surface area contributed by atoms with Crippen LogP contribution in [0.4, 0.5) is 5.69 Å². The number of aromatic nitrogens is 1. The SMILES string of the molecule is Cc1ccc(NC(=O)CSc2c(C)[nH]c3ccccc23)c(C)c1. The third kappa shape index (κ3) is 3.42. The lowest BCUT2D eigenvalue weighted by Gasteiger charge is -2.09. The van der Waals surface area contributed by atoms with Crippen LogP contribution in [0.25, 0.3) is 10.9 Å². The fourth-order valence-corrected chi connectivity index (χ4v) is 3.66. The molecule has 118 valence electrons. The van der Waals surface area contributed by atoms with Crippen LogP contribution in [0, 0.1) is 20.8 Å². The smallest absolute Gasteiger partial charge is 0.234 e. The van der Waals surface area contributed by atoms with E-state index in [2.05, 4.69) is 28.5 Å². The number of H-pyrrole nitrogens is 1. The molecule has 2 aromatic carbocycles. The number of fused-ring (bicyclic) bond motifs is 1. The van der Waals surface area contributed by atoms with E-state index in [0.29, 0.717) is 5.75 Å². The quantitative estimate of drug-likeness (QED) is 0.676. The van der Waals surface area contributed by atoms with Crippen LogP contribution in [0.15, 0.2) is 47.4 Å². The molecule has 0 bridgehead atoms. The minimum atomic E-state index is 0.0200. The van der Waals surface area contributed by atoms with E-state index in [1.165, 1.54) is 10.9 Å². The number of carbonyl (C=O) groups excluding carboxylic acids is 1. The van der Waals surface area contributed by atoms with Gasteiger partial charge in [-0.3, -0.25) is 4.79 Å². The van der Waals surface area contributed by atoms with E-state index in [1.807, 2.05) is 45.0 Å². The molecular weight excluding hydrogens is 304 g/mol. The van der Waals surface area contributed by atoms with Crippen LogP contribution in [-0.2, 0) is 4.79 Å². The molecule has 1 heterocycles. The fraction of sp³-hybridized carbons (Fsp3) is 0.211. The van der Waals surface area contributed by atoms with E-state index >= 15 is 0 Å². The van der Waals surface area contributed by atoms with Gasteiger partial charge in [-0.1, -0.05) is 35.9 Å². The zero-order chi connectivity index (χ0) is 16.4. The van der Waals surface area contributed by atoms with Gasteiger partial charge in [-0.25, -0.2) is 0 Å². The number of rotatable bonds is 4. The molecule has 1 amide bonds. The fourth-order valence-electron chi connectivity index (χ4n) is 2.71. The van der Waals surface area contributed by atoms with Gasteiger partial charge in [0.2, 0.25) is 5.91 Å². The summed E-state index contributed by atoms with van der Waals surface area (Å²) in [5, 5.41) is 4.17. The molecule has 0 fully saturated rings. The largest absolute Gasteiger partial charge is 0.358 e. The van der Waals surface area contributed by atoms with Gasteiger partial charge in [-0.05, 0) is 38.5 Å². The first-order valence-electron chi connectivity index (χ1n) is 7.62. The van der Waals surface area contributed by atoms with Crippen molar-refractivity contribution in [2.75, 3.05) is 11.1 Å². The molecule has 3 nitrogen and oxygen atoms in total. The molecule has 0 aliphatic carbocycles. The Balaban J connectivity index is 1.70. The lowest BCUT2D eigenvalue weighted by atomic mass is 10.1. The maximum atomic E-state index is 12.3. The van der Waals surface area contributed by atoms with Crippen molar-refractivity contribution in [3.63, 3.8) is 0 Å². The van der Waals surface area contributed by atoms with Gasteiger partial charge in [0, 0.05) is 27.2 Å². The predicted molar refractivity (Wildman–Crippen MR) is 98.3 cm³/mol.